The zero-order chi connectivity index (χ0) is 13.3. The molecule has 0 radical (unpaired) electrons. The van der Waals surface area contributed by atoms with Crippen LogP contribution in [0.1, 0.15) is 19.2 Å². The Morgan fingerprint density at radius 2 is 2.17 bits per heavy atom. The maximum Gasteiger partial charge on any atom is 0.245 e. The summed E-state index contributed by atoms with van der Waals surface area (Å²) in [4.78, 5) is 24.3. The van der Waals surface area contributed by atoms with E-state index in [0.717, 1.165) is 18.8 Å². The molecule has 2 heterocycles. The maximum atomic E-state index is 12.1. The molecule has 1 aromatic rings. The van der Waals surface area contributed by atoms with E-state index in [1.54, 1.807) is 17.9 Å². The highest BCUT2D eigenvalue weighted by atomic mass is 35.5. The van der Waals surface area contributed by atoms with Crippen LogP contribution < -0.4 is 4.90 Å². The first-order valence-corrected chi connectivity index (χ1v) is 6.43. The molecule has 0 spiro atoms. The van der Waals surface area contributed by atoms with Crippen LogP contribution in [0.25, 0.3) is 0 Å². The summed E-state index contributed by atoms with van der Waals surface area (Å²) in [5.41, 5.74) is 0. The lowest BCUT2D eigenvalue weighted by molar-refractivity contribution is -0.132. The van der Waals surface area contributed by atoms with Gasteiger partial charge in [0.2, 0.25) is 5.91 Å². The topological polar surface area (TPSA) is 49.3 Å². The molecule has 0 N–H and O–H groups in total. The Morgan fingerprint density at radius 1 is 1.44 bits per heavy atom. The van der Waals surface area contributed by atoms with Crippen molar-refractivity contribution < 1.29 is 4.79 Å². The summed E-state index contributed by atoms with van der Waals surface area (Å²) in [7, 11) is 1.83. The molecule has 5 nitrogen and oxygen atoms in total. The Kier molecular flexibility index (Phi) is 3.71. The van der Waals surface area contributed by atoms with Crippen LogP contribution in [0.15, 0.2) is 6.07 Å². The quantitative estimate of drug-likeness (QED) is 0.763. The van der Waals surface area contributed by atoms with Gasteiger partial charge in [-0.1, -0.05) is 18.5 Å². The minimum atomic E-state index is -0.158. The van der Waals surface area contributed by atoms with Crippen molar-refractivity contribution in [2.24, 2.45) is 0 Å². The van der Waals surface area contributed by atoms with Gasteiger partial charge in [0.1, 0.15) is 22.8 Å². The lowest BCUT2D eigenvalue weighted by atomic mass is 10.1. The van der Waals surface area contributed by atoms with Crippen LogP contribution in [0.4, 0.5) is 5.82 Å². The molecule has 1 aromatic heterocycles. The monoisotopic (exact) mass is 268 g/mol. The summed E-state index contributed by atoms with van der Waals surface area (Å²) in [6.45, 7) is 5.28. The molecule has 0 aromatic carbocycles. The van der Waals surface area contributed by atoms with E-state index < -0.39 is 0 Å². The Hall–Kier alpha value is -1.36. The molecule has 1 unspecified atom stereocenters. The Bertz CT molecular complexity index is 445. The van der Waals surface area contributed by atoms with E-state index >= 15 is 0 Å². The molecule has 1 atom stereocenters. The van der Waals surface area contributed by atoms with Gasteiger partial charge in [0.15, 0.2) is 0 Å². The normalized spacial score (nSPS) is 20.4. The highest BCUT2D eigenvalue weighted by molar-refractivity contribution is 6.29. The zero-order valence-electron chi connectivity index (χ0n) is 10.9. The predicted octanol–water partition coefficient (Wildman–Crippen LogP) is 1.50. The molecular formula is C12H17ClN4O. The number of carbonyl (C=O) groups is 1. The zero-order valence-corrected chi connectivity index (χ0v) is 11.6. The first kappa shape index (κ1) is 13.1. The van der Waals surface area contributed by atoms with Crippen LogP contribution in [0.5, 0.6) is 0 Å². The minimum absolute atomic E-state index is 0.135. The third kappa shape index (κ3) is 2.41. The molecule has 2 rings (SSSR count). The smallest absolute Gasteiger partial charge is 0.245 e. The SMILES string of the molecule is CCC1C(=O)N(C)CCN1c1cc(Cl)nc(C)n1. The molecule has 0 saturated carbocycles. The van der Waals surface area contributed by atoms with Crippen molar-refractivity contribution in [2.45, 2.75) is 26.3 Å². The average Bonchev–Trinajstić information content (AvgIpc) is 2.31. The van der Waals surface area contributed by atoms with Crippen molar-refractivity contribution in [2.75, 3.05) is 25.0 Å². The molecular weight excluding hydrogens is 252 g/mol. The number of aryl methyl sites for hydroxylation is 1. The molecule has 1 amide bonds. The third-order valence-electron chi connectivity index (χ3n) is 3.19. The van der Waals surface area contributed by atoms with Gasteiger partial charge in [-0.15, -0.1) is 0 Å². The van der Waals surface area contributed by atoms with Gasteiger partial charge in [-0.2, -0.15) is 0 Å². The molecule has 6 heteroatoms. The summed E-state index contributed by atoms with van der Waals surface area (Å²) >= 11 is 5.95. The van der Waals surface area contributed by atoms with Crippen LogP contribution in [0.2, 0.25) is 5.15 Å². The first-order valence-electron chi connectivity index (χ1n) is 6.05. The molecule has 18 heavy (non-hydrogen) atoms. The van der Waals surface area contributed by atoms with E-state index in [4.69, 9.17) is 11.6 Å². The largest absolute Gasteiger partial charge is 0.343 e. The standard InChI is InChI=1S/C12H17ClN4O/c1-4-9-12(18)16(3)5-6-17(9)11-7-10(13)14-8(2)15-11/h7,9H,4-6H2,1-3H3. The van der Waals surface area contributed by atoms with E-state index in [1.807, 2.05) is 18.9 Å². The fourth-order valence-electron chi connectivity index (χ4n) is 2.24. The number of halogens is 1. The van der Waals surface area contributed by atoms with Crippen molar-refractivity contribution in [3.8, 4) is 0 Å². The van der Waals surface area contributed by atoms with Crippen molar-refractivity contribution in [3.63, 3.8) is 0 Å². The Labute approximate surface area is 112 Å². The van der Waals surface area contributed by atoms with Gasteiger partial charge in [0.25, 0.3) is 0 Å². The van der Waals surface area contributed by atoms with Gasteiger partial charge >= 0.3 is 0 Å². The molecule has 1 aliphatic heterocycles. The number of aromatic nitrogens is 2. The fourth-order valence-corrected chi connectivity index (χ4v) is 2.46. The van der Waals surface area contributed by atoms with Crippen molar-refractivity contribution >= 4 is 23.3 Å². The lowest BCUT2D eigenvalue weighted by Gasteiger charge is -2.39. The summed E-state index contributed by atoms with van der Waals surface area (Å²) in [5, 5.41) is 0.415. The number of amides is 1. The van der Waals surface area contributed by atoms with Crippen LogP contribution in [0, 0.1) is 6.92 Å². The average molecular weight is 269 g/mol. The first-order chi connectivity index (χ1) is 8.52. The molecule has 0 aliphatic carbocycles. The van der Waals surface area contributed by atoms with Gasteiger partial charge in [-0.3, -0.25) is 4.79 Å². The highest BCUT2D eigenvalue weighted by Gasteiger charge is 2.32. The number of hydrogen-bond donors (Lipinski definition) is 0. The molecule has 1 aliphatic rings. The Morgan fingerprint density at radius 3 is 2.78 bits per heavy atom. The summed E-state index contributed by atoms with van der Waals surface area (Å²) < 4.78 is 0. The third-order valence-corrected chi connectivity index (χ3v) is 3.38. The second-order valence-corrected chi connectivity index (χ2v) is 4.86. The molecule has 0 bridgehead atoms. The molecule has 98 valence electrons. The van der Waals surface area contributed by atoms with Crippen LogP contribution >= 0.6 is 11.6 Å². The number of rotatable bonds is 2. The second kappa shape index (κ2) is 5.10. The van der Waals surface area contributed by atoms with E-state index in [1.165, 1.54) is 0 Å². The lowest BCUT2D eigenvalue weighted by Crippen LogP contribution is -2.56. The highest BCUT2D eigenvalue weighted by Crippen LogP contribution is 2.22. The maximum absolute atomic E-state index is 12.1. The number of carbonyl (C=O) groups excluding carboxylic acids is 1. The number of nitrogens with zero attached hydrogens (tertiary/aromatic N) is 4. The van der Waals surface area contributed by atoms with Crippen molar-refractivity contribution in [1.82, 2.24) is 14.9 Å². The van der Waals surface area contributed by atoms with Crippen molar-refractivity contribution in [1.29, 1.82) is 0 Å². The predicted molar refractivity (Wildman–Crippen MR) is 70.8 cm³/mol. The van der Waals surface area contributed by atoms with Gasteiger partial charge in [-0.25, -0.2) is 9.97 Å². The number of piperazine rings is 1. The van der Waals surface area contributed by atoms with Crippen LogP contribution in [-0.4, -0.2) is 47.0 Å². The fraction of sp³-hybridized carbons (Fsp3) is 0.583. The number of likely N-dealkylation sites (N-methyl/N-ethyl adjacent to an activating group) is 1. The molecule has 1 fully saturated rings. The van der Waals surface area contributed by atoms with E-state index in [2.05, 4.69) is 9.97 Å². The second-order valence-electron chi connectivity index (χ2n) is 4.47. The van der Waals surface area contributed by atoms with Crippen LogP contribution in [-0.2, 0) is 4.79 Å². The van der Waals surface area contributed by atoms with E-state index in [9.17, 15) is 4.79 Å². The van der Waals surface area contributed by atoms with Gasteiger partial charge in [-0.05, 0) is 13.3 Å². The number of hydrogen-bond acceptors (Lipinski definition) is 4. The molecule has 1 saturated heterocycles. The Balaban J connectivity index is 2.33. The van der Waals surface area contributed by atoms with Crippen LogP contribution in [0.3, 0.4) is 0 Å². The summed E-state index contributed by atoms with van der Waals surface area (Å²) in [5.74, 6) is 1.50. The number of anilines is 1. The van der Waals surface area contributed by atoms with Gasteiger partial charge < -0.3 is 9.80 Å². The summed E-state index contributed by atoms with van der Waals surface area (Å²) in [6, 6.07) is 1.56. The van der Waals surface area contributed by atoms with Gasteiger partial charge in [0.05, 0.1) is 0 Å². The summed E-state index contributed by atoms with van der Waals surface area (Å²) in [6.07, 6.45) is 0.754. The van der Waals surface area contributed by atoms with Gasteiger partial charge in [0, 0.05) is 26.2 Å². The van der Waals surface area contributed by atoms with E-state index in [0.29, 0.717) is 17.5 Å². The van der Waals surface area contributed by atoms with E-state index in [-0.39, 0.29) is 11.9 Å². The van der Waals surface area contributed by atoms with Crippen molar-refractivity contribution in [3.05, 3.63) is 17.0 Å². The minimum Gasteiger partial charge on any atom is -0.343 e.